The maximum atomic E-state index is 12.3. The number of nitro groups is 1. The highest BCUT2D eigenvalue weighted by atomic mass is 16.7. The van der Waals surface area contributed by atoms with Crippen molar-refractivity contribution in [1.29, 1.82) is 0 Å². The van der Waals surface area contributed by atoms with Gasteiger partial charge in [-0.2, -0.15) is 0 Å². The fourth-order valence-corrected chi connectivity index (χ4v) is 2.69. The molecule has 0 saturated heterocycles. The number of carbonyl (C=O) groups is 2. The zero-order chi connectivity index (χ0) is 20.5. The van der Waals surface area contributed by atoms with Crippen LogP contribution < -0.4 is 9.47 Å². The van der Waals surface area contributed by atoms with E-state index in [1.807, 2.05) is 12.1 Å². The van der Waals surface area contributed by atoms with Crippen LogP contribution in [0.1, 0.15) is 47.1 Å². The van der Waals surface area contributed by atoms with Crippen LogP contribution >= 0.6 is 0 Å². The number of benzene rings is 2. The molecule has 0 bridgehead atoms. The summed E-state index contributed by atoms with van der Waals surface area (Å²) >= 11 is 0. The van der Waals surface area contributed by atoms with Gasteiger partial charge in [0.15, 0.2) is 23.9 Å². The van der Waals surface area contributed by atoms with Crippen molar-refractivity contribution in [2.24, 2.45) is 0 Å². The van der Waals surface area contributed by atoms with E-state index in [1.165, 1.54) is 6.07 Å². The molecular formula is C20H19NO7. The minimum absolute atomic E-state index is 0.0493. The average molecular weight is 385 g/mol. The molecule has 2 aromatic carbocycles. The maximum absolute atomic E-state index is 12.3. The number of hydrogen-bond donors (Lipinski definition) is 0. The van der Waals surface area contributed by atoms with Crippen LogP contribution in [0.4, 0.5) is 5.69 Å². The summed E-state index contributed by atoms with van der Waals surface area (Å²) in [5, 5.41) is 11.2. The molecule has 28 heavy (non-hydrogen) atoms. The van der Waals surface area contributed by atoms with E-state index in [1.54, 1.807) is 12.1 Å². The van der Waals surface area contributed by atoms with Crippen LogP contribution in [-0.2, 0) is 10.2 Å². The van der Waals surface area contributed by atoms with E-state index < -0.39 is 29.0 Å². The Morgan fingerprint density at radius 1 is 1.11 bits per heavy atom. The summed E-state index contributed by atoms with van der Waals surface area (Å²) in [7, 11) is 0. The molecule has 0 saturated carbocycles. The van der Waals surface area contributed by atoms with Crippen LogP contribution in [0.15, 0.2) is 36.4 Å². The maximum Gasteiger partial charge on any atom is 0.345 e. The summed E-state index contributed by atoms with van der Waals surface area (Å²) in [6.07, 6.45) is 0. The highest BCUT2D eigenvalue weighted by Gasteiger charge is 2.28. The normalized spacial score (nSPS) is 12.5. The van der Waals surface area contributed by atoms with Gasteiger partial charge in [-0.25, -0.2) is 4.79 Å². The molecule has 0 spiro atoms. The molecule has 0 fully saturated rings. The number of ketones is 1. The Labute approximate surface area is 161 Å². The molecule has 0 aromatic heterocycles. The van der Waals surface area contributed by atoms with Gasteiger partial charge in [0.25, 0.3) is 5.69 Å². The van der Waals surface area contributed by atoms with Crippen molar-refractivity contribution in [2.45, 2.75) is 26.2 Å². The minimum atomic E-state index is -0.982. The number of nitrogens with zero attached hydrogens (tertiary/aromatic N) is 1. The van der Waals surface area contributed by atoms with Crippen LogP contribution in [0.5, 0.6) is 11.5 Å². The molecule has 1 aliphatic rings. The third-order valence-corrected chi connectivity index (χ3v) is 4.31. The zero-order valence-electron chi connectivity index (χ0n) is 15.7. The van der Waals surface area contributed by atoms with Gasteiger partial charge >= 0.3 is 5.97 Å². The molecular weight excluding hydrogens is 366 g/mol. The lowest BCUT2D eigenvalue weighted by Crippen LogP contribution is -2.16. The first kappa shape index (κ1) is 19.3. The third kappa shape index (κ3) is 3.95. The molecule has 0 aliphatic carbocycles. The fourth-order valence-electron chi connectivity index (χ4n) is 2.69. The summed E-state index contributed by atoms with van der Waals surface area (Å²) in [5.74, 6) is -0.998. The van der Waals surface area contributed by atoms with Crippen LogP contribution in [0, 0.1) is 10.1 Å². The highest BCUT2D eigenvalue weighted by molar-refractivity contribution is 6.00. The van der Waals surface area contributed by atoms with Crippen molar-refractivity contribution < 1.29 is 28.7 Å². The van der Waals surface area contributed by atoms with Crippen molar-refractivity contribution in [3.8, 4) is 11.5 Å². The summed E-state index contributed by atoms with van der Waals surface area (Å²) in [6.45, 7) is 5.56. The van der Waals surface area contributed by atoms with E-state index in [-0.39, 0.29) is 29.3 Å². The van der Waals surface area contributed by atoms with Gasteiger partial charge in [0.2, 0.25) is 6.79 Å². The first-order valence-corrected chi connectivity index (χ1v) is 8.56. The van der Waals surface area contributed by atoms with Gasteiger partial charge in [0.1, 0.15) is 5.56 Å². The number of nitro benzene ring substituents is 1. The number of carbonyl (C=O) groups excluding carboxylic acids is 2. The number of fused-ring (bicyclic) bond motifs is 1. The van der Waals surface area contributed by atoms with Gasteiger partial charge in [-0.15, -0.1) is 0 Å². The largest absolute Gasteiger partial charge is 0.454 e. The average Bonchev–Trinajstić information content (AvgIpc) is 3.11. The fraction of sp³-hybridized carbons (Fsp3) is 0.300. The zero-order valence-corrected chi connectivity index (χ0v) is 15.7. The van der Waals surface area contributed by atoms with Crippen LogP contribution in [0.3, 0.4) is 0 Å². The number of hydrogen-bond acceptors (Lipinski definition) is 7. The van der Waals surface area contributed by atoms with Crippen LogP contribution in [-0.4, -0.2) is 30.1 Å². The second kappa shape index (κ2) is 7.30. The molecule has 0 unspecified atom stereocenters. The third-order valence-electron chi connectivity index (χ3n) is 4.31. The van der Waals surface area contributed by atoms with Crippen molar-refractivity contribution in [1.82, 2.24) is 0 Å². The molecule has 146 valence electrons. The van der Waals surface area contributed by atoms with E-state index >= 15 is 0 Å². The standard InChI is InChI=1S/C20H19NO7/c1-20(2,3)13-6-4-12(5-7-13)16(22)10-26-19(23)14-8-17-18(28-11-27-17)9-15(14)21(24)25/h4-9H,10-11H2,1-3H3. The molecule has 1 aliphatic heterocycles. The Kier molecular flexibility index (Phi) is 5.04. The Balaban J connectivity index is 1.72. The van der Waals surface area contributed by atoms with Crippen molar-refractivity contribution >= 4 is 17.4 Å². The number of esters is 1. The van der Waals surface area contributed by atoms with E-state index in [9.17, 15) is 19.7 Å². The van der Waals surface area contributed by atoms with Gasteiger partial charge in [0.05, 0.1) is 11.0 Å². The monoisotopic (exact) mass is 385 g/mol. The molecule has 8 heteroatoms. The molecule has 0 amide bonds. The Morgan fingerprint density at radius 2 is 1.71 bits per heavy atom. The smallest absolute Gasteiger partial charge is 0.345 e. The predicted molar refractivity (Wildman–Crippen MR) is 99.0 cm³/mol. The summed E-state index contributed by atoms with van der Waals surface area (Å²) < 4.78 is 15.2. The lowest BCUT2D eigenvalue weighted by Gasteiger charge is -2.18. The Morgan fingerprint density at radius 3 is 2.29 bits per heavy atom. The van der Waals surface area contributed by atoms with Crippen molar-refractivity contribution in [2.75, 3.05) is 13.4 Å². The van der Waals surface area contributed by atoms with Gasteiger partial charge < -0.3 is 14.2 Å². The first-order valence-electron chi connectivity index (χ1n) is 8.56. The van der Waals surface area contributed by atoms with E-state index in [4.69, 9.17) is 14.2 Å². The second-order valence-electron chi connectivity index (χ2n) is 7.31. The molecule has 0 atom stereocenters. The Bertz CT molecular complexity index is 942. The molecule has 3 rings (SSSR count). The number of Topliss-reactive ketones (excluding diaryl/α,β-unsaturated/α-hetero) is 1. The van der Waals surface area contributed by atoms with Gasteiger partial charge in [-0.05, 0) is 11.0 Å². The molecule has 8 nitrogen and oxygen atoms in total. The van der Waals surface area contributed by atoms with Crippen LogP contribution in [0.25, 0.3) is 0 Å². The topological polar surface area (TPSA) is 105 Å². The predicted octanol–water partition coefficient (Wildman–Crippen LogP) is 3.66. The summed E-state index contributed by atoms with van der Waals surface area (Å²) in [5.41, 5.74) is 0.631. The first-order chi connectivity index (χ1) is 13.2. The van der Waals surface area contributed by atoms with Crippen molar-refractivity contribution in [3.05, 3.63) is 63.2 Å². The van der Waals surface area contributed by atoms with Gasteiger partial charge in [0, 0.05) is 11.6 Å². The minimum Gasteiger partial charge on any atom is -0.454 e. The molecule has 0 radical (unpaired) electrons. The van der Waals surface area contributed by atoms with E-state index in [0.717, 1.165) is 11.6 Å². The van der Waals surface area contributed by atoms with Gasteiger partial charge in [-0.1, -0.05) is 45.0 Å². The van der Waals surface area contributed by atoms with Crippen LogP contribution in [0.2, 0.25) is 0 Å². The summed E-state index contributed by atoms with van der Waals surface area (Å²) in [4.78, 5) is 35.1. The number of ether oxygens (including phenoxy) is 3. The van der Waals surface area contributed by atoms with Crippen molar-refractivity contribution in [3.63, 3.8) is 0 Å². The van der Waals surface area contributed by atoms with E-state index in [0.29, 0.717) is 5.56 Å². The highest BCUT2D eigenvalue weighted by Crippen LogP contribution is 2.38. The summed E-state index contributed by atoms with van der Waals surface area (Å²) in [6, 6.07) is 9.31. The second-order valence-corrected chi connectivity index (χ2v) is 7.31. The lowest BCUT2D eigenvalue weighted by molar-refractivity contribution is -0.385. The quantitative estimate of drug-likeness (QED) is 0.335. The molecule has 0 N–H and O–H groups in total. The SMILES string of the molecule is CC(C)(C)c1ccc(C(=O)COC(=O)c2cc3c(cc2[N+](=O)[O-])OCO3)cc1. The van der Waals surface area contributed by atoms with Gasteiger partial charge in [-0.3, -0.25) is 14.9 Å². The Hall–Kier alpha value is -3.42. The molecule has 2 aromatic rings. The lowest BCUT2D eigenvalue weighted by atomic mass is 9.86. The molecule has 1 heterocycles. The van der Waals surface area contributed by atoms with E-state index in [2.05, 4.69) is 20.8 Å². The number of rotatable bonds is 5.